The lowest BCUT2D eigenvalue weighted by Gasteiger charge is -2.34. The van der Waals surface area contributed by atoms with Gasteiger partial charge < -0.3 is 10.4 Å². The molecule has 0 spiro atoms. The maximum atomic E-state index is 13.7. The molecule has 2 N–H and O–H groups in total. The molecule has 0 amide bonds. The maximum Gasteiger partial charge on any atom is 0.201 e. The number of aliphatic hydroxyl groups excluding tert-OH is 1. The van der Waals surface area contributed by atoms with Crippen molar-refractivity contribution in [1.29, 1.82) is 0 Å². The van der Waals surface area contributed by atoms with Crippen molar-refractivity contribution in [2.75, 3.05) is 5.32 Å². The van der Waals surface area contributed by atoms with Crippen molar-refractivity contribution in [1.82, 2.24) is 0 Å². The summed E-state index contributed by atoms with van der Waals surface area (Å²) >= 11 is 0. The molecule has 5 rings (SSSR count). The van der Waals surface area contributed by atoms with Crippen LogP contribution in [0.1, 0.15) is 78.4 Å². The summed E-state index contributed by atoms with van der Waals surface area (Å²) in [6.07, 6.45) is 3.59. The Labute approximate surface area is 214 Å². The fourth-order valence-electron chi connectivity index (χ4n) is 6.92. The second-order valence-electron chi connectivity index (χ2n) is 10.3. The topological polar surface area (TPSA) is 61.7 Å². The van der Waals surface area contributed by atoms with E-state index < -0.39 is 0 Å². The molecule has 0 saturated carbocycles. The van der Waals surface area contributed by atoms with Crippen LogP contribution in [-0.2, 0) is 15.6 Å². The number of Topliss-reactive ketones (excluding diaryl/α,β-unsaturated/α-hetero) is 1. The number of carbonyl (C=O) groups excluding carboxylic acids is 1. The lowest BCUT2D eigenvalue weighted by atomic mass is 9.68. The molecule has 186 valence electrons. The van der Waals surface area contributed by atoms with E-state index in [1.165, 1.54) is 11.1 Å². The first-order valence-corrected chi connectivity index (χ1v) is 13.3. The van der Waals surface area contributed by atoms with E-state index in [0.29, 0.717) is 11.1 Å². The fourth-order valence-corrected chi connectivity index (χ4v) is 6.92. The number of hydrogen-bond acceptors (Lipinski definition) is 4. The van der Waals surface area contributed by atoms with E-state index in [4.69, 9.17) is 4.99 Å². The van der Waals surface area contributed by atoms with Gasteiger partial charge in [-0.1, -0.05) is 64.1 Å². The van der Waals surface area contributed by atoms with Crippen LogP contribution in [0.2, 0.25) is 0 Å². The number of aliphatic imine (C=N–C) groups is 1. The molecule has 2 aliphatic heterocycles. The molecule has 1 aliphatic carbocycles. The number of rotatable bonds is 6. The summed E-state index contributed by atoms with van der Waals surface area (Å²) in [7, 11) is 0. The predicted octanol–water partition coefficient (Wildman–Crippen LogP) is 8.00. The minimum atomic E-state index is -0.244. The van der Waals surface area contributed by atoms with Crippen molar-refractivity contribution in [3.8, 4) is 0 Å². The van der Waals surface area contributed by atoms with Gasteiger partial charge in [0, 0.05) is 22.2 Å². The number of hydrogen-bond donors (Lipinski definition) is 2. The summed E-state index contributed by atoms with van der Waals surface area (Å²) in [6.45, 7) is 12.6. The molecule has 0 bridgehead atoms. The Balaban J connectivity index is 1.63. The summed E-state index contributed by atoms with van der Waals surface area (Å²) in [5.74, 6) is 0.00903. The molecule has 36 heavy (non-hydrogen) atoms. The van der Waals surface area contributed by atoms with Crippen LogP contribution in [0, 0.1) is 0 Å². The second-order valence-corrected chi connectivity index (χ2v) is 10.3. The molecular formula is C32H36N2O2. The van der Waals surface area contributed by atoms with Gasteiger partial charge in [0.25, 0.3) is 0 Å². The second kappa shape index (κ2) is 8.62. The van der Waals surface area contributed by atoms with Crippen LogP contribution < -0.4 is 5.32 Å². The Morgan fingerprint density at radius 3 is 2.03 bits per heavy atom. The largest absolute Gasteiger partial charge is 0.506 e. The number of benzene rings is 2. The smallest absolute Gasteiger partial charge is 0.201 e. The van der Waals surface area contributed by atoms with Crippen molar-refractivity contribution >= 4 is 22.9 Å². The summed E-state index contributed by atoms with van der Waals surface area (Å²) in [4.78, 5) is 18.7. The third-order valence-electron chi connectivity index (χ3n) is 9.11. The number of anilines is 1. The Kier molecular flexibility index (Phi) is 5.82. The van der Waals surface area contributed by atoms with Gasteiger partial charge in [-0.15, -0.1) is 0 Å². The third-order valence-corrected chi connectivity index (χ3v) is 9.11. The number of ketones is 1. The number of carbonyl (C=O) groups is 1. The van der Waals surface area contributed by atoms with E-state index in [9.17, 15) is 9.90 Å². The highest BCUT2D eigenvalue weighted by Crippen LogP contribution is 2.52. The van der Waals surface area contributed by atoms with Crippen molar-refractivity contribution in [3.05, 3.63) is 93.4 Å². The number of allylic oxidation sites excluding steroid dienone is 5. The number of fused-ring (bicyclic) bond motifs is 2. The quantitative estimate of drug-likeness (QED) is 0.412. The van der Waals surface area contributed by atoms with Crippen LogP contribution in [0.4, 0.5) is 11.4 Å². The summed E-state index contributed by atoms with van der Waals surface area (Å²) in [5, 5.41) is 15.0. The van der Waals surface area contributed by atoms with E-state index in [0.717, 1.165) is 59.6 Å². The fraction of sp³-hybridized carbons (Fsp3) is 0.375. The average Bonchev–Trinajstić information content (AvgIpc) is 3.42. The summed E-state index contributed by atoms with van der Waals surface area (Å²) < 4.78 is 0. The summed E-state index contributed by atoms with van der Waals surface area (Å²) in [6, 6.07) is 16.6. The van der Waals surface area contributed by atoms with E-state index >= 15 is 0 Å². The van der Waals surface area contributed by atoms with Gasteiger partial charge in [-0.3, -0.25) is 9.79 Å². The zero-order valence-corrected chi connectivity index (χ0v) is 22.2. The monoisotopic (exact) mass is 480 g/mol. The molecule has 2 aromatic rings. The van der Waals surface area contributed by atoms with Crippen molar-refractivity contribution in [2.24, 2.45) is 4.99 Å². The average molecular weight is 481 g/mol. The Hall–Kier alpha value is -3.40. The molecule has 0 radical (unpaired) electrons. The minimum Gasteiger partial charge on any atom is -0.506 e. The number of nitrogens with one attached hydrogen (secondary N) is 1. The number of nitrogens with zero attached hydrogens (tertiary/aromatic N) is 1. The van der Waals surface area contributed by atoms with Gasteiger partial charge in [-0.2, -0.15) is 0 Å². The van der Waals surface area contributed by atoms with E-state index in [2.05, 4.69) is 63.3 Å². The first-order valence-electron chi connectivity index (χ1n) is 13.3. The highest BCUT2D eigenvalue weighted by atomic mass is 16.3. The summed E-state index contributed by atoms with van der Waals surface area (Å²) in [5.41, 5.74) is 8.50. The molecule has 0 fully saturated rings. The van der Waals surface area contributed by atoms with Crippen LogP contribution in [0.15, 0.2) is 87.3 Å². The van der Waals surface area contributed by atoms with E-state index in [-0.39, 0.29) is 22.4 Å². The van der Waals surface area contributed by atoms with E-state index in [1.807, 2.05) is 32.0 Å². The third kappa shape index (κ3) is 3.00. The predicted molar refractivity (Wildman–Crippen MR) is 148 cm³/mol. The minimum absolute atomic E-state index is 0.0892. The van der Waals surface area contributed by atoms with Crippen LogP contribution in [0.25, 0.3) is 0 Å². The molecule has 3 aliphatic rings. The van der Waals surface area contributed by atoms with Gasteiger partial charge in [0.1, 0.15) is 5.76 Å². The Morgan fingerprint density at radius 1 is 0.833 bits per heavy atom. The van der Waals surface area contributed by atoms with Crippen LogP contribution >= 0.6 is 0 Å². The van der Waals surface area contributed by atoms with E-state index in [1.54, 1.807) is 0 Å². The van der Waals surface area contributed by atoms with Gasteiger partial charge in [0.2, 0.25) is 5.78 Å². The SMILES string of the molecule is CCC1(CC)C(C(C)=C2C(=O)C(C(C)=C3Nc4ccccc4C3(CC)CC)=C2O)=Nc2ccccc21. The molecule has 0 atom stereocenters. The van der Waals surface area contributed by atoms with Gasteiger partial charge >= 0.3 is 0 Å². The zero-order valence-electron chi connectivity index (χ0n) is 22.2. The van der Waals surface area contributed by atoms with Gasteiger partial charge in [-0.05, 0) is 73.9 Å². The molecule has 4 nitrogen and oxygen atoms in total. The Bertz CT molecular complexity index is 1390. The first-order chi connectivity index (χ1) is 17.3. The highest BCUT2D eigenvalue weighted by Gasteiger charge is 2.47. The van der Waals surface area contributed by atoms with Crippen molar-refractivity contribution in [3.63, 3.8) is 0 Å². The van der Waals surface area contributed by atoms with Crippen LogP contribution in [-0.4, -0.2) is 16.6 Å². The van der Waals surface area contributed by atoms with Gasteiger partial charge in [-0.25, -0.2) is 0 Å². The first kappa shape index (κ1) is 24.3. The van der Waals surface area contributed by atoms with Gasteiger partial charge in [0.05, 0.1) is 22.5 Å². The normalized spacial score (nSPS) is 21.9. The number of aliphatic hydroxyl groups is 1. The lowest BCUT2D eigenvalue weighted by Crippen LogP contribution is -2.36. The molecule has 0 saturated heterocycles. The van der Waals surface area contributed by atoms with Crippen molar-refractivity contribution < 1.29 is 9.90 Å². The molecule has 2 aromatic carbocycles. The van der Waals surface area contributed by atoms with Crippen LogP contribution in [0.5, 0.6) is 0 Å². The lowest BCUT2D eigenvalue weighted by molar-refractivity contribution is -0.113. The zero-order chi connectivity index (χ0) is 25.8. The highest BCUT2D eigenvalue weighted by molar-refractivity contribution is 6.27. The van der Waals surface area contributed by atoms with Crippen LogP contribution in [0.3, 0.4) is 0 Å². The molecule has 2 heterocycles. The maximum absolute atomic E-state index is 13.7. The molecule has 0 unspecified atom stereocenters. The molecule has 4 heteroatoms. The molecular weight excluding hydrogens is 444 g/mol. The van der Waals surface area contributed by atoms with Crippen molar-refractivity contribution in [2.45, 2.75) is 78.1 Å². The van der Waals surface area contributed by atoms with Gasteiger partial charge in [0.15, 0.2) is 0 Å². The standard InChI is InChI=1S/C32H36N2O2/c1-7-31(8-2)21-15-11-13-17-23(21)33-29(31)19(5)25-27(35)26(28(25)36)20(6)30-32(9-3,10-4)22-16-12-14-18-24(22)34-30/h11-18,33,35H,7-10H2,1-6H3. The number of para-hydroxylation sites is 2. The molecule has 0 aromatic heterocycles. The Morgan fingerprint density at radius 2 is 1.42 bits per heavy atom.